The van der Waals surface area contributed by atoms with Gasteiger partial charge in [-0.2, -0.15) is 0 Å². The highest BCUT2D eigenvalue weighted by Crippen LogP contribution is 2.09. The molecule has 0 bridgehead atoms. The third-order valence-corrected chi connectivity index (χ3v) is 1.80. The van der Waals surface area contributed by atoms with Crippen LogP contribution in [0.4, 0.5) is 0 Å². The van der Waals surface area contributed by atoms with Gasteiger partial charge < -0.3 is 9.94 Å². The van der Waals surface area contributed by atoms with Crippen LogP contribution in [0, 0.1) is 5.21 Å². The Balaban J connectivity index is 2.47. The topological polar surface area (TPSA) is 66.1 Å². The van der Waals surface area contributed by atoms with E-state index in [1.165, 1.54) is 6.20 Å². The Labute approximate surface area is 94.6 Å². The molecule has 0 amide bonds. The summed E-state index contributed by atoms with van der Waals surface area (Å²) in [5.41, 5.74) is -0.0206. The van der Waals surface area contributed by atoms with Crippen molar-refractivity contribution in [3.05, 3.63) is 29.2 Å². The van der Waals surface area contributed by atoms with Crippen LogP contribution < -0.4 is 4.85 Å². The van der Waals surface area contributed by atoms with Crippen LogP contribution in [0.1, 0.15) is 32.9 Å². The Hall–Kier alpha value is -1.65. The van der Waals surface area contributed by atoms with Crippen molar-refractivity contribution in [3.63, 3.8) is 0 Å². The average molecular weight is 224 g/mol. The molecule has 0 N–H and O–H groups in total. The van der Waals surface area contributed by atoms with Gasteiger partial charge in [0.05, 0.1) is 12.6 Å². The highest BCUT2D eigenvalue weighted by molar-refractivity contribution is 5.70. The third kappa shape index (κ3) is 4.25. The van der Waals surface area contributed by atoms with E-state index in [9.17, 15) is 10.0 Å². The van der Waals surface area contributed by atoms with Gasteiger partial charge in [-0.1, -0.05) is 4.85 Å². The minimum Gasteiger partial charge on any atom is -0.594 e. The van der Waals surface area contributed by atoms with Gasteiger partial charge in [0.15, 0.2) is 0 Å². The van der Waals surface area contributed by atoms with E-state index in [-0.39, 0.29) is 12.4 Å². The van der Waals surface area contributed by atoms with Crippen molar-refractivity contribution in [1.82, 2.24) is 5.10 Å². The smallest absolute Gasteiger partial charge is 0.306 e. The fraction of sp³-hybridized carbons (Fsp3) is 0.545. The number of esters is 1. The molecular weight excluding hydrogens is 208 g/mol. The molecule has 0 radical (unpaired) electrons. The number of ether oxygens (including phenoxy) is 1. The Morgan fingerprint density at radius 1 is 1.56 bits per heavy atom. The molecule has 0 aliphatic carbocycles. The summed E-state index contributed by atoms with van der Waals surface area (Å²) in [5, 5.41) is 14.7. The molecule has 0 aromatic carbocycles. The van der Waals surface area contributed by atoms with E-state index in [4.69, 9.17) is 4.74 Å². The molecule has 0 aliphatic heterocycles. The van der Waals surface area contributed by atoms with Crippen LogP contribution >= 0.6 is 0 Å². The fourth-order valence-corrected chi connectivity index (χ4v) is 1.19. The Morgan fingerprint density at radius 2 is 2.25 bits per heavy atom. The fourth-order valence-electron chi connectivity index (χ4n) is 1.19. The molecule has 5 nitrogen and oxygen atoms in total. The van der Waals surface area contributed by atoms with Gasteiger partial charge in [-0.25, -0.2) is 0 Å². The van der Waals surface area contributed by atoms with Gasteiger partial charge in [0.1, 0.15) is 5.60 Å². The van der Waals surface area contributed by atoms with E-state index in [0.717, 1.165) is 0 Å². The van der Waals surface area contributed by atoms with Crippen molar-refractivity contribution >= 4 is 5.97 Å². The molecule has 0 aliphatic rings. The van der Waals surface area contributed by atoms with Gasteiger partial charge in [-0.15, -0.1) is 0 Å². The van der Waals surface area contributed by atoms with Crippen molar-refractivity contribution in [2.75, 3.05) is 0 Å². The highest BCUT2D eigenvalue weighted by Gasteiger charge is 2.17. The molecule has 16 heavy (non-hydrogen) atoms. The summed E-state index contributed by atoms with van der Waals surface area (Å²) in [4.78, 5) is 11.9. The first-order chi connectivity index (χ1) is 7.38. The molecule has 88 valence electrons. The number of aryl methyl sites for hydroxylation is 1. The first-order valence-corrected chi connectivity index (χ1v) is 5.14. The maximum atomic E-state index is 11.4. The Kier molecular flexibility index (Phi) is 3.82. The number of carbonyl (C=O) groups is 1. The third-order valence-electron chi connectivity index (χ3n) is 1.80. The van der Waals surface area contributed by atoms with Crippen LogP contribution in [0.15, 0.2) is 18.3 Å². The lowest BCUT2D eigenvalue weighted by atomic mass is 10.2. The summed E-state index contributed by atoms with van der Waals surface area (Å²) in [6.07, 6.45) is 1.93. The van der Waals surface area contributed by atoms with Gasteiger partial charge in [0.2, 0.25) is 5.69 Å². The minimum atomic E-state index is -0.487. The van der Waals surface area contributed by atoms with Crippen molar-refractivity contribution in [2.45, 2.75) is 39.2 Å². The van der Waals surface area contributed by atoms with Crippen LogP contribution in [0.5, 0.6) is 0 Å². The van der Waals surface area contributed by atoms with Crippen LogP contribution in [-0.2, 0) is 16.0 Å². The summed E-state index contributed by atoms with van der Waals surface area (Å²) in [5.74, 6) is -0.309. The van der Waals surface area contributed by atoms with Crippen LogP contribution in [0.3, 0.4) is 0 Å². The first-order valence-electron chi connectivity index (χ1n) is 5.14. The standard InChI is InChI=1S/C11H16N2O3/c1-11(2,3)16-10(14)7-6-9-5-4-8-12-13(9)15/h4-5,8H,6-7H2,1-3H3. The van der Waals surface area contributed by atoms with Gasteiger partial charge >= 0.3 is 5.97 Å². The maximum Gasteiger partial charge on any atom is 0.306 e. The van der Waals surface area contributed by atoms with Crippen LogP contribution in [0.25, 0.3) is 0 Å². The molecule has 0 unspecified atom stereocenters. The molecule has 1 rings (SSSR count). The molecule has 1 aromatic rings. The van der Waals surface area contributed by atoms with Crippen LogP contribution in [0.2, 0.25) is 0 Å². The lowest BCUT2D eigenvalue weighted by molar-refractivity contribution is -0.676. The Bertz CT molecular complexity index is 372. The van der Waals surface area contributed by atoms with E-state index >= 15 is 0 Å². The molecule has 0 spiro atoms. The van der Waals surface area contributed by atoms with Crippen molar-refractivity contribution in [3.8, 4) is 0 Å². The number of hydrogen-bond donors (Lipinski definition) is 0. The average Bonchev–Trinajstić information content (AvgIpc) is 2.14. The van der Waals surface area contributed by atoms with E-state index in [0.29, 0.717) is 17.0 Å². The second kappa shape index (κ2) is 4.92. The zero-order valence-electron chi connectivity index (χ0n) is 9.77. The molecule has 5 heteroatoms. The number of nitrogens with zero attached hydrogens (tertiary/aromatic N) is 2. The van der Waals surface area contributed by atoms with E-state index in [2.05, 4.69) is 5.10 Å². The van der Waals surface area contributed by atoms with E-state index in [1.807, 2.05) is 20.8 Å². The summed E-state index contributed by atoms with van der Waals surface area (Å²) in [6.45, 7) is 5.42. The molecule has 0 fully saturated rings. The van der Waals surface area contributed by atoms with Crippen molar-refractivity contribution in [1.29, 1.82) is 0 Å². The van der Waals surface area contributed by atoms with E-state index in [1.54, 1.807) is 12.1 Å². The van der Waals surface area contributed by atoms with Crippen molar-refractivity contribution in [2.24, 2.45) is 0 Å². The number of carbonyl (C=O) groups excluding carboxylic acids is 1. The van der Waals surface area contributed by atoms with Gasteiger partial charge in [-0.05, 0) is 26.8 Å². The quantitative estimate of drug-likeness (QED) is 0.436. The van der Waals surface area contributed by atoms with E-state index < -0.39 is 5.60 Å². The lowest BCUT2D eigenvalue weighted by Gasteiger charge is -2.19. The number of aromatic nitrogens is 2. The first kappa shape index (κ1) is 12.4. The van der Waals surface area contributed by atoms with Crippen molar-refractivity contribution < 1.29 is 14.4 Å². The SMILES string of the molecule is CC(C)(C)OC(=O)CCc1cccn[n+]1[O-]. The molecule has 1 aromatic heterocycles. The molecule has 0 saturated carbocycles. The summed E-state index contributed by atoms with van der Waals surface area (Å²) < 4.78 is 5.13. The molecule has 0 saturated heterocycles. The minimum absolute atomic E-state index is 0.186. The summed E-state index contributed by atoms with van der Waals surface area (Å²) in [6, 6.07) is 3.31. The predicted octanol–water partition coefficient (Wildman–Crippen LogP) is 0.989. The lowest BCUT2D eigenvalue weighted by Crippen LogP contribution is -2.36. The Morgan fingerprint density at radius 3 is 2.81 bits per heavy atom. The number of rotatable bonds is 3. The largest absolute Gasteiger partial charge is 0.594 e. The van der Waals surface area contributed by atoms with Crippen LogP contribution in [-0.4, -0.2) is 16.7 Å². The predicted molar refractivity (Wildman–Crippen MR) is 57.4 cm³/mol. The second-order valence-corrected chi connectivity index (χ2v) is 4.47. The maximum absolute atomic E-state index is 11.4. The molecule has 0 atom stereocenters. The zero-order chi connectivity index (χ0) is 12.2. The summed E-state index contributed by atoms with van der Waals surface area (Å²) >= 11 is 0. The number of hydrogen-bond acceptors (Lipinski definition) is 4. The normalized spacial score (nSPS) is 11.2. The molecular formula is C11H16N2O3. The zero-order valence-corrected chi connectivity index (χ0v) is 9.77. The second-order valence-electron chi connectivity index (χ2n) is 4.47. The van der Waals surface area contributed by atoms with Gasteiger partial charge in [-0.3, -0.25) is 4.79 Å². The van der Waals surface area contributed by atoms with Gasteiger partial charge in [0, 0.05) is 17.6 Å². The molecule has 1 heterocycles. The summed E-state index contributed by atoms with van der Waals surface area (Å²) in [7, 11) is 0. The highest BCUT2D eigenvalue weighted by atomic mass is 16.6. The van der Waals surface area contributed by atoms with Gasteiger partial charge in [0.25, 0.3) is 0 Å². The monoisotopic (exact) mass is 224 g/mol.